The third-order valence-corrected chi connectivity index (χ3v) is 5.34. The molecular formula is C22H20ClN5O. The highest BCUT2D eigenvalue weighted by molar-refractivity contribution is 6.33. The molecule has 0 unspecified atom stereocenters. The molecule has 2 aromatic heterocycles. The second-order valence-electron chi connectivity index (χ2n) is 6.93. The van der Waals surface area contributed by atoms with Gasteiger partial charge in [-0.25, -0.2) is 9.97 Å². The average molecular weight is 406 g/mol. The number of rotatable bonds is 4. The molecule has 5 rings (SSSR count). The van der Waals surface area contributed by atoms with Crippen molar-refractivity contribution >= 4 is 40.0 Å². The largest absolute Gasteiger partial charge is 0.378 e. The number of aromatic nitrogens is 3. The minimum atomic E-state index is 0.557. The number of nitrogens with one attached hydrogen (secondary N) is 2. The summed E-state index contributed by atoms with van der Waals surface area (Å²) in [4.78, 5) is 14.8. The SMILES string of the molecule is Clc1ccccc1-c1cc2nc(Nc3cccc(N4CCOCC4)c3)ncc2[nH]1. The van der Waals surface area contributed by atoms with Crippen LogP contribution in [0.4, 0.5) is 17.3 Å². The first-order valence-electron chi connectivity index (χ1n) is 9.57. The van der Waals surface area contributed by atoms with Crippen LogP contribution in [0.1, 0.15) is 0 Å². The van der Waals surface area contributed by atoms with E-state index < -0.39 is 0 Å². The normalized spacial score (nSPS) is 14.3. The predicted molar refractivity (Wildman–Crippen MR) is 117 cm³/mol. The Labute approximate surface area is 173 Å². The molecule has 1 fully saturated rings. The lowest BCUT2D eigenvalue weighted by molar-refractivity contribution is 0.122. The lowest BCUT2D eigenvalue weighted by atomic mass is 10.1. The van der Waals surface area contributed by atoms with Crippen molar-refractivity contribution in [3.63, 3.8) is 0 Å². The molecule has 146 valence electrons. The summed E-state index contributed by atoms with van der Waals surface area (Å²) in [5, 5.41) is 4.02. The molecule has 0 saturated carbocycles. The molecule has 29 heavy (non-hydrogen) atoms. The summed E-state index contributed by atoms with van der Waals surface area (Å²) in [7, 11) is 0. The predicted octanol–water partition coefficient (Wildman–Crippen LogP) is 4.86. The van der Waals surface area contributed by atoms with Crippen molar-refractivity contribution in [3.8, 4) is 11.3 Å². The molecule has 2 N–H and O–H groups in total. The van der Waals surface area contributed by atoms with E-state index in [1.165, 1.54) is 5.69 Å². The van der Waals surface area contributed by atoms with Gasteiger partial charge in [0.25, 0.3) is 0 Å². The number of benzene rings is 2. The van der Waals surface area contributed by atoms with Crippen LogP contribution in [0.3, 0.4) is 0 Å². The van der Waals surface area contributed by atoms with Crippen LogP contribution in [-0.2, 0) is 4.74 Å². The Morgan fingerprint density at radius 1 is 1.03 bits per heavy atom. The zero-order valence-electron chi connectivity index (χ0n) is 15.7. The number of ether oxygens (including phenoxy) is 1. The first-order chi connectivity index (χ1) is 14.3. The smallest absolute Gasteiger partial charge is 0.227 e. The fourth-order valence-electron chi connectivity index (χ4n) is 3.54. The number of anilines is 3. The van der Waals surface area contributed by atoms with E-state index in [0.29, 0.717) is 11.0 Å². The van der Waals surface area contributed by atoms with Crippen molar-refractivity contribution in [3.05, 3.63) is 65.8 Å². The molecular weight excluding hydrogens is 386 g/mol. The highest BCUT2D eigenvalue weighted by atomic mass is 35.5. The summed E-state index contributed by atoms with van der Waals surface area (Å²) in [6.45, 7) is 3.33. The van der Waals surface area contributed by atoms with E-state index in [1.807, 2.05) is 42.5 Å². The molecule has 0 amide bonds. The van der Waals surface area contributed by atoms with E-state index in [2.05, 4.69) is 37.3 Å². The fourth-order valence-corrected chi connectivity index (χ4v) is 3.77. The monoisotopic (exact) mass is 405 g/mol. The zero-order chi connectivity index (χ0) is 19.6. The maximum atomic E-state index is 6.32. The highest BCUT2D eigenvalue weighted by Crippen LogP contribution is 2.29. The molecule has 0 radical (unpaired) electrons. The Morgan fingerprint density at radius 2 is 1.90 bits per heavy atom. The number of morpholine rings is 1. The van der Waals surface area contributed by atoms with E-state index in [0.717, 1.165) is 54.3 Å². The number of hydrogen-bond donors (Lipinski definition) is 2. The van der Waals surface area contributed by atoms with Gasteiger partial charge in [-0.05, 0) is 30.3 Å². The van der Waals surface area contributed by atoms with E-state index in [9.17, 15) is 0 Å². The molecule has 2 aromatic carbocycles. The Kier molecular flexibility index (Phi) is 4.79. The minimum absolute atomic E-state index is 0.557. The molecule has 3 heterocycles. The fraction of sp³-hybridized carbons (Fsp3) is 0.182. The van der Waals surface area contributed by atoms with Crippen molar-refractivity contribution in [2.24, 2.45) is 0 Å². The highest BCUT2D eigenvalue weighted by Gasteiger charge is 2.12. The molecule has 7 heteroatoms. The van der Waals surface area contributed by atoms with Crippen LogP contribution in [0.25, 0.3) is 22.3 Å². The molecule has 0 bridgehead atoms. The maximum Gasteiger partial charge on any atom is 0.227 e. The summed E-state index contributed by atoms with van der Waals surface area (Å²) in [5.74, 6) is 0.557. The Bertz CT molecular complexity index is 1150. The Morgan fingerprint density at radius 3 is 2.76 bits per heavy atom. The van der Waals surface area contributed by atoms with Crippen molar-refractivity contribution in [2.45, 2.75) is 0 Å². The molecule has 0 spiro atoms. The van der Waals surface area contributed by atoms with Crippen molar-refractivity contribution in [1.29, 1.82) is 0 Å². The lowest BCUT2D eigenvalue weighted by Crippen LogP contribution is -2.36. The van der Waals surface area contributed by atoms with Gasteiger partial charge in [-0.1, -0.05) is 35.9 Å². The molecule has 6 nitrogen and oxygen atoms in total. The molecule has 0 atom stereocenters. The number of nitrogens with zero attached hydrogens (tertiary/aromatic N) is 3. The summed E-state index contributed by atoms with van der Waals surface area (Å²) in [5.41, 5.74) is 5.69. The average Bonchev–Trinajstić information content (AvgIpc) is 3.18. The Hall–Kier alpha value is -3.09. The molecule has 1 aliphatic heterocycles. The second-order valence-corrected chi connectivity index (χ2v) is 7.34. The van der Waals surface area contributed by atoms with Crippen LogP contribution >= 0.6 is 11.6 Å². The van der Waals surface area contributed by atoms with Crippen molar-refractivity contribution in [1.82, 2.24) is 15.0 Å². The Balaban J connectivity index is 1.40. The van der Waals surface area contributed by atoms with Gasteiger partial charge in [0.2, 0.25) is 5.95 Å². The number of aromatic amines is 1. The van der Waals surface area contributed by atoms with Crippen molar-refractivity contribution in [2.75, 3.05) is 36.5 Å². The lowest BCUT2D eigenvalue weighted by Gasteiger charge is -2.29. The van der Waals surface area contributed by atoms with Crippen LogP contribution in [0.2, 0.25) is 5.02 Å². The first-order valence-corrected chi connectivity index (χ1v) is 9.94. The molecule has 4 aromatic rings. The van der Waals surface area contributed by atoms with Crippen LogP contribution < -0.4 is 10.2 Å². The summed E-state index contributed by atoms with van der Waals surface area (Å²) in [6, 6.07) is 18.0. The summed E-state index contributed by atoms with van der Waals surface area (Å²) in [6.07, 6.45) is 1.79. The van der Waals surface area contributed by atoms with Crippen molar-refractivity contribution < 1.29 is 4.74 Å². The topological polar surface area (TPSA) is 66.1 Å². The quantitative estimate of drug-likeness (QED) is 0.507. The first kappa shape index (κ1) is 18.0. The maximum absolute atomic E-state index is 6.32. The summed E-state index contributed by atoms with van der Waals surface area (Å²) >= 11 is 6.32. The van der Waals surface area contributed by atoms with Gasteiger partial charge in [-0.2, -0.15) is 0 Å². The number of H-pyrrole nitrogens is 1. The van der Waals surface area contributed by atoms with Gasteiger partial charge in [0.05, 0.1) is 30.4 Å². The van der Waals surface area contributed by atoms with E-state index >= 15 is 0 Å². The van der Waals surface area contributed by atoms with Gasteiger partial charge >= 0.3 is 0 Å². The number of halogens is 1. The van der Waals surface area contributed by atoms with Crippen LogP contribution in [0.15, 0.2) is 60.8 Å². The van der Waals surface area contributed by atoms with Gasteiger partial charge in [-0.3, -0.25) is 0 Å². The zero-order valence-corrected chi connectivity index (χ0v) is 16.5. The standard InChI is InChI=1S/C22H20ClN5O/c23-18-7-2-1-6-17(18)19-13-20-21(26-19)14-24-22(27-20)25-15-4-3-5-16(12-15)28-8-10-29-11-9-28/h1-7,12-14,26H,8-11H2,(H,24,25,27). The van der Waals surface area contributed by atoms with E-state index in [4.69, 9.17) is 16.3 Å². The number of hydrogen-bond acceptors (Lipinski definition) is 5. The van der Waals surface area contributed by atoms with Crippen LogP contribution in [0.5, 0.6) is 0 Å². The van der Waals surface area contributed by atoms with Gasteiger partial charge in [0.1, 0.15) is 0 Å². The van der Waals surface area contributed by atoms with Gasteiger partial charge in [0.15, 0.2) is 0 Å². The van der Waals surface area contributed by atoms with Gasteiger partial charge < -0.3 is 19.9 Å². The molecule has 1 aliphatic rings. The third-order valence-electron chi connectivity index (χ3n) is 5.01. The van der Waals surface area contributed by atoms with E-state index in [1.54, 1.807) is 6.20 Å². The minimum Gasteiger partial charge on any atom is -0.378 e. The summed E-state index contributed by atoms with van der Waals surface area (Å²) < 4.78 is 5.44. The molecule has 1 saturated heterocycles. The van der Waals surface area contributed by atoms with Gasteiger partial charge in [0, 0.05) is 40.7 Å². The van der Waals surface area contributed by atoms with Crippen LogP contribution in [0, 0.1) is 0 Å². The third kappa shape index (κ3) is 3.77. The number of fused-ring (bicyclic) bond motifs is 1. The van der Waals surface area contributed by atoms with Gasteiger partial charge in [-0.15, -0.1) is 0 Å². The van der Waals surface area contributed by atoms with Crippen LogP contribution in [-0.4, -0.2) is 41.3 Å². The van der Waals surface area contributed by atoms with E-state index in [-0.39, 0.29) is 0 Å². The second kappa shape index (κ2) is 7.73. The molecule has 0 aliphatic carbocycles.